The zero-order valence-corrected chi connectivity index (χ0v) is 20.6. The monoisotopic (exact) mass is 528 g/mol. The Hall–Kier alpha value is -2.64. The summed E-state index contributed by atoms with van der Waals surface area (Å²) in [5.41, 5.74) is 6.61. The number of alkyl halides is 3. The lowest BCUT2D eigenvalue weighted by molar-refractivity contribution is -0.0436. The Morgan fingerprint density at radius 2 is 1.86 bits per heavy atom. The number of nitrogens with one attached hydrogen (secondary N) is 2. The van der Waals surface area contributed by atoms with Crippen LogP contribution in [0, 0.1) is 11.8 Å². The van der Waals surface area contributed by atoms with E-state index in [0.29, 0.717) is 18.6 Å². The molecule has 0 bridgehead atoms. The second kappa shape index (κ2) is 10.0. The van der Waals surface area contributed by atoms with Crippen LogP contribution in [0.2, 0.25) is 0 Å². The molecule has 1 unspecified atom stereocenters. The van der Waals surface area contributed by atoms with Crippen molar-refractivity contribution in [2.45, 2.75) is 67.6 Å². The fraction of sp³-hybridized carbons (Fsp3) is 0.565. The Morgan fingerprint density at radius 1 is 1.19 bits per heavy atom. The van der Waals surface area contributed by atoms with E-state index in [1.54, 1.807) is 10.9 Å². The highest BCUT2D eigenvalue weighted by molar-refractivity contribution is 7.92. The molecule has 2 fully saturated rings. The number of carbonyl (C=O) groups excluding carboxylic acids is 1. The molecule has 13 heteroatoms. The minimum absolute atomic E-state index is 0.0442. The molecule has 36 heavy (non-hydrogen) atoms. The summed E-state index contributed by atoms with van der Waals surface area (Å²) in [6, 6.07) is 4.81. The summed E-state index contributed by atoms with van der Waals surface area (Å²) < 4.78 is 63.2. The van der Waals surface area contributed by atoms with Crippen molar-refractivity contribution in [1.82, 2.24) is 15.1 Å². The molecule has 4 atom stereocenters. The van der Waals surface area contributed by atoms with Gasteiger partial charge in [-0.15, -0.1) is 0 Å². The predicted octanol–water partition coefficient (Wildman–Crippen LogP) is 3.08. The van der Waals surface area contributed by atoms with Gasteiger partial charge < -0.3 is 22.1 Å². The predicted molar refractivity (Wildman–Crippen MR) is 128 cm³/mol. The summed E-state index contributed by atoms with van der Waals surface area (Å²) in [6.45, 7) is 2.67. The fourth-order valence-electron chi connectivity index (χ4n) is 4.93. The molecule has 2 aliphatic rings. The van der Waals surface area contributed by atoms with Gasteiger partial charge in [0.15, 0.2) is 5.82 Å². The van der Waals surface area contributed by atoms with Crippen molar-refractivity contribution in [1.29, 1.82) is 0 Å². The van der Waals surface area contributed by atoms with Crippen molar-refractivity contribution < 1.29 is 26.4 Å². The van der Waals surface area contributed by atoms with Gasteiger partial charge in [0.05, 0.1) is 10.9 Å². The van der Waals surface area contributed by atoms with Gasteiger partial charge in [-0.2, -0.15) is 18.3 Å². The molecule has 9 nitrogen and oxygen atoms in total. The van der Waals surface area contributed by atoms with Crippen LogP contribution in [0.1, 0.15) is 55.4 Å². The van der Waals surface area contributed by atoms with Crippen molar-refractivity contribution in [2.75, 3.05) is 11.9 Å². The molecular formula is C23H31F3N6O3S. The summed E-state index contributed by atoms with van der Waals surface area (Å²) in [6.07, 6.45) is 6.71. The number of anilines is 2. The Kier molecular flexibility index (Phi) is 7.35. The molecule has 1 heterocycles. The molecule has 2 saturated carbocycles. The maximum Gasteiger partial charge on any atom is 0.501 e. The first kappa shape index (κ1) is 26.4. The number of carbonyl (C=O) groups is 1. The van der Waals surface area contributed by atoms with Gasteiger partial charge in [-0.1, -0.05) is 0 Å². The van der Waals surface area contributed by atoms with Crippen molar-refractivity contribution in [3.63, 3.8) is 0 Å². The van der Waals surface area contributed by atoms with E-state index >= 15 is 0 Å². The number of aromatic nitrogens is 2. The van der Waals surface area contributed by atoms with Crippen LogP contribution >= 0.6 is 0 Å². The van der Waals surface area contributed by atoms with E-state index in [1.807, 2.05) is 0 Å². The molecule has 6 N–H and O–H groups in total. The third kappa shape index (κ3) is 5.52. The SMILES string of the molecule is CC(N[C@@H]1CC[C@H](n2cc(C(N)=O)c(Nc3ccc(S(=O)(=O)C(F)(F)F)cc3)n2)[C@@H](CN)C1)C1CC1. The van der Waals surface area contributed by atoms with Crippen molar-refractivity contribution in [3.05, 3.63) is 36.0 Å². The molecule has 0 radical (unpaired) electrons. The van der Waals surface area contributed by atoms with Crippen LogP contribution in [0.25, 0.3) is 0 Å². The number of nitrogens with zero attached hydrogens (tertiary/aromatic N) is 2. The fourth-order valence-corrected chi connectivity index (χ4v) is 5.69. The minimum Gasteiger partial charge on any atom is -0.365 e. The van der Waals surface area contributed by atoms with E-state index in [1.165, 1.54) is 25.0 Å². The Morgan fingerprint density at radius 3 is 2.42 bits per heavy atom. The molecule has 0 saturated heterocycles. The summed E-state index contributed by atoms with van der Waals surface area (Å²) >= 11 is 0. The third-order valence-corrected chi connectivity index (χ3v) is 8.64. The first-order valence-corrected chi connectivity index (χ1v) is 13.4. The van der Waals surface area contributed by atoms with Crippen molar-refractivity contribution >= 4 is 27.2 Å². The minimum atomic E-state index is -5.46. The lowest BCUT2D eigenvalue weighted by Gasteiger charge is -2.37. The molecular weight excluding hydrogens is 497 g/mol. The van der Waals surface area contributed by atoms with Gasteiger partial charge in [-0.25, -0.2) is 8.42 Å². The smallest absolute Gasteiger partial charge is 0.365 e. The molecule has 2 aliphatic carbocycles. The summed E-state index contributed by atoms with van der Waals surface area (Å²) in [4.78, 5) is 11.2. The Labute approximate surface area is 207 Å². The van der Waals surface area contributed by atoms with Crippen LogP contribution in [0.15, 0.2) is 35.4 Å². The Balaban J connectivity index is 1.50. The average molecular weight is 529 g/mol. The standard InChI is InChI=1S/C23H31F3N6O3S/c1-13(14-2-3-14)29-17-6-9-20(15(10-17)11-27)32-12-19(21(28)33)22(31-32)30-16-4-7-18(8-5-16)36(34,35)23(24,25)26/h4-5,7-8,12-15,17,20,29H,2-3,6,9-11,27H2,1H3,(H2,28,33)(H,30,31)/t13?,15-,17-,20+/m1/s1. The summed E-state index contributed by atoms with van der Waals surface area (Å²) in [7, 11) is -5.46. The molecule has 2 aromatic rings. The van der Waals surface area contributed by atoms with Crippen LogP contribution in [0.4, 0.5) is 24.7 Å². The van der Waals surface area contributed by atoms with Gasteiger partial charge in [0.1, 0.15) is 5.56 Å². The van der Waals surface area contributed by atoms with Crippen LogP contribution in [-0.4, -0.2) is 48.2 Å². The first-order valence-electron chi connectivity index (χ1n) is 11.9. The number of rotatable bonds is 9. The van der Waals surface area contributed by atoms with Gasteiger partial charge in [0, 0.05) is 24.0 Å². The normalized spacial score (nSPS) is 23.9. The lowest BCUT2D eigenvalue weighted by Crippen LogP contribution is -2.44. The number of halogens is 3. The second-order valence-corrected chi connectivity index (χ2v) is 11.6. The molecule has 1 aromatic heterocycles. The number of hydrogen-bond donors (Lipinski definition) is 4. The zero-order valence-electron chi connectivity index (χ0n) is 19.8. The van der Waals surface area contributed by atoms with Gasteiger partial charge in [0.2, 0.25) is 0 Å². The zero-order chi connectivity index (χ0) is 26.3. The average Bonchev–Trinajstić information content (AvgIpc) is 3.59. The highest BCUT2D eigenvalue weighted by Gasteiger charge is 2.46. The number of primary amides is 1. The highest BCUT2D eigenvalue weighted by Crippen LogP contribution is 2.37. The number of hydrogen-bond acceptors (Lipinski definition) is 7. The molecule has 1 amide bonds. The lowest BCUT2D eigenvalue weighted by atomic mass is 9.81. The number of benzene rings is 1. The summed E-state index contributed by atoms with van der Waals surface area (Å²) in [5.74, 6) is 0.285. The maximum absolute atomic E-state index is 12.8. The molecule has 0 aliphatic heterocycles. The first-order chi connectivity index (χ1) is 16.9. The quantitative estimate of drug-likeness (QED) is 0.391. The largest absolute Gasteiger partial charge is 0.501 e. The van der Waals surface area contributed by atoms with Crippen LogP contribution < -0.4 is 22.1 Å². The third-order valence-electron chi connectivity index (χ3n) is 7.14. The summed E-state index contributed by atoms with van der Waals surface area (Å²) in [5, 5.41) is 11.1. The van der Waals surface area contributed by atoms with Gasteiger partial charge >= 0.3 is 5.51 Å². The van der Waals surface area contributed by atoms with E-state index in [4.69, 9.17) is 11.5 Å². The van der Waals surface area contributed by atoms with Crippen LogP contribution in [-0.2, 0) is 9.84 Å². The van der Waals surface area contributed by atoms with Gasteiger partial charge in [-0.05, 0) is 81.7 Å². The maximum atomic E-state index is 12.8. The molecule has 1 aromatic carbocycles. The topological polar surface area (TPSA) is 145 Å². The van der Waals surface area contributed by atoms with Crippen LogP contribution in [0.3, 0.4) is 0 Å². The van der Waals surface area contributed by atoms with E-state index < -0.39 is 26.1 Å². The number of sulfone groups is 1. The van der Waals surface area contributed by atoms with E-state index in [2.05, 4.69) is 22.7 Å². The number of amides is 1. The second-order valence-electron chi connectivity index (χ2n) is 9.70. The van der Waals surface area contributed by atoms with E-state index in [0.717, 1.165) is 37.3 Å². The number of nitrogens with two attached hydrogens (primary N) is 2. The van der Waals surface area contributed by atoms with Gasteiger partial charge in [0.25, 0.3) is 15.7 Å². The van der Waals surface area contributed by atoms with E-state index in [-0.39, 0.29) is 29.0 Å². The van der Waals surface area contributed by atoms with E-state index in [9.17, 15) is 26.4 Å². The van der Waals surface area contributed by atoms with Gasteiger partial charge in [-0.3, -0.25) is 9.48 Å². The molecule has 4 rings (SSSR count). The van der Waals surface area contributed by atoms with Crippen molar-refractivity contribution in [3.8, 4) is 0 Å². The molecule has 0 spiro atoms. The van der Waals surface area contributed by atoms with Crippen LogP contribution in [0.5, 0.6) is 0 Å². The highest BCUT2D eigenvalue weighted by atomic mass is 32.2. The van der Waals surface area contributed by atoms with Crippen molar-refractivity contribution in [2.24, 2.45) is 23.3 Å². The Bertz CT molecular complexity index is 1190. The molecule has 198 valence electrons.